The molecule has 354 valence electrons. The van der Waals surface area contributed by atoms with E-state index in [0.29, 0.717) is 0 Å². The molecule has 2 heterocycles. The summed E-state index contributed by atoms with van der Waals surface area (Å²) in [6, 6.07) is 98.3. The molecule has 0 amide bonds. The smallest absolute Gasteiger partial charge is 0.252 e. The van der Waals surface area contributed by atoms with Gasteiger partial charge in [0.1, 0.15) is 0 Å². The second-order valence-corrected chi connectivity index (χ2v) is 21.6. The lowest BCUT2D eigenvalue weighted by molar-refractivity contribution is 0.660. The summed E-state index contributed by atoms with van der Waals surface area (Å²) in [4.78, 5) is 5.23. The molecule has 0 spiro atoms. The maximum Gasteiger partial charge on any atom is 0.252 e. The minimum absolute atomic E-state index is 0.0797. The molecule has 76 heavy (non-hydrogen) atoms. The molecule has 0 saturated heterocycles. The second-order valence-electron chi connectivity index (χ2n) is 21.6. The summed E-state index contributed by atoms with van der Waals surface area (Å²) < 4.78 is 0. The third kappa shape index (κ3) is 6.36. The summed E-state index contributed by atoms with van der Waals surface area (Å²) in [6.45, 7) is 4.70. The van der Waals surface area contributed by atoms with Crippen molar-refractivity contribution in [2.75, 3.05) is 9.80 Å². The lowest BCUT2D eigenvalue weighted by Crippen LogP contribution is -2.61. The molecule has 3 heteroatoms. The van der Waals surface area contributed by atoms with Crippen LogP contribution in [0.25, 0.3) is 87.6 Å². The fraction of sp³-hybridized carbons (Fsp3) is 0.0411. The minimum atomic E-state index is -0.157. The van der Waals surface area contributed by atoms with Gasteiger partial charge in [0.2, 0.25) is 0 Å². The molecule has 0 atom stereocenters. The first-order chi connectivity index (χ1) is 37.4. The van der Waals surface area contributed by atoms with Gasteiger partial charge in [-0.1, -0.05) is 208 Å². The van der Waals surface area contributed by atoms with Crippen molar-refractivity contribution in [2.24, 2.45) is 0 Å². The highest BCUT2D eigenvalue weighted by Gasteiger charge is 2.45. The van der Waals surface area contributed by atoms with Crippen LogP contribution < -0.4 is 26.2 Å². The summed E-state index contributed by atoms with van der Waals surface area (Å²) in [5.41, 5.74) is 23.4. The fourth-order valence-electron chi connectivity index (χ4n) is 13.5. The Morgan fingerprint density at radius 2 is 0.724 bits per heavy atom. The normalized spacial score (nSPS) is 13.7. The molecular weight excluding hydrogens is 916 g/mol. The second kappa shape index (κ2) is 16.3. The van der Waals surface area contributed by atoms with Crippen molar-refractivity contribution < 1.29 is 0 Å². The maximum atomic E-state index is 2.61. The Morgan fingerprint density at radius 1 is 0.303 bits per heavy atom. The Labute approximate surface area is 443 Å². The van der Waals surface area contributed by atoms with Crippen LogP contribution in [0.5, 0.6) is 0 Å². The van der Waals surface area contributed by atoms with Crippen LogP contribution >= 0.6 is 0 Å². The molecule has 3 aliphatic rings. The van der Waals surface area contributed by atoms with Gasteiger partial charge in [-0.25, -0.2) is 0 Å². The van der Waals surface area contributed by atoms with E-state index in [4.69, 9.17) is 0 Å². The topological polar surface area (TPSA) is 6.48 Å². The van der Waals surface area contributed by atoms with Gasteiger partial charge in [-0.15, -0.1) is 0 Å². The van der Waals surface area contributed by atoms with Crippen LogP contribution in [0.4, 0.5) is 34.1 Å². The van der Waals surface area contributed by atoms with Gasteiger partial charge in [-0.2, -0.15) is 0 Å². The van der Waals surface area contributed by atoms with Crippen molar-refractivity contribution in [3.8, 4) is 44.5 Å². The number of hydrogen-bond acceptors (Lipinski definition) is 2. The van der Waals surface area contributed by atoms with Gasteiger partial charge < -0.3 is 9.80 Å². The van der Waals surface area contributed by atoms with Crippen LogP contribution in [-0.2, 0) is 5.41 Å². The van der Waals surface area contributed by atoms with E-state index in [2.05, 4.69) is 285 Å². The van der Waals surface area contributed by atoms with Gasteiger partial charge in [0, 0.05) is 50.3 Å². The zero-order chi connectivity index (χ0) is 50.2. The number of hydrogen-bond donors (Lipinski definition) is 0. The summed E-state index contributed by atoms with van der Waals surface area (Å²) in [6.07, 6.45) is 0. The van der Waals surface area contributed by atoms with Gasteiger partial charge >= 0.3 is 0 Å². The van der Waals surface area contributed by atoms with Crippen molar-refractivity contribution in [1.29, 1.82) is 0 Å². The van der Waals surface area contributed by atoms with E-state index in [1.807, 2.05) is 0 Å². The Balaban J connectivity index is 1.03. The standard InChI is InChI=1S/C73H49BN2/c1-73(2)64-24-14-13-23-60(64)61-36-29-54(43-65(61)73)57-44-68-70-69(45-57)76(59-34-27-49(28-35-59)47-17-7-4-8-18-47)72-63-42-53-22-12-10-20-51(53)40-56(63)31-38-67(72)74(70)66-37-30-55-39-50-19-9-11-21-52(50)41-62(55)71(66)75(68)58-32-25-48(26-33-58)46-15-5-3-6-16-46/h3-45H,1-2H3. The lowest BCUT2D eigenvalue weighted by Gasteiger charge is -2.45. The lowest BCUT2D eigenvalue weighted by atomic mass is 9.33. The van der Waals surface area contributed by atoms with Crippen molar-refractivity contribution in [2.45, 2.75) is 19.3 Å². The SMILES string of the molecule is CC1(C)c2ccccc2-c2ccc(-c3cc4c5c(c3)N(c3ccc(-c6ccccc6)cc3)c3c(ccc6cc7ccccc7cc36)B5c3ccc5cc6ccccc6cc5c3N4c3ccc(-c4ccccc4)cc3)cc21. The predicted octanol–water partition coefficient (Wildman–Crippen LogP) is 17.7. The van der Waals surface area contributed by atoms with Crippen LogP contribution in [0.3, 0.4) is 0 Å². The molecule has 0 unspecified atom stereocenters. The van der Waals surface area contributed by atoms with Gasteiger partial charge in [0.05, 0.1) is 0 Å². The average Bonchev–Trinajstić information content (AvgIpc) is 3.88. The zero-order valence-electron chi connectivity index (χ0n) is 42.3. The third-order valence-electron chi connectivity index (χ3n) is 17.1. The number of nitrogens with zero attached hydrogens (tertiary/aromatic N) is 2. The minimum Gasteiger partial charge on any atom is -0.311 e. The molecule has 0 fully saturated rings. The maximum absolute atomic E-state index is 2.61. The van der Waals surface area contributed by atoms with E-state index < -0.39 is 0 Å². The summed E-state index contributed by atoms with van der Waals surface area (Å²) in [7, 11) is 0. The van der Waals surface area contributed by atoms with Crippen molar-refractivity contribution in [1.82, 2.24) is 0 Å². The average molecular weight is 965 g/mol. The van der Waals surface area contributed by atoms with Gasteiger partial charge in [0.15, 0.2) is 0 Å². The van der Waals surface area contributed by atoms with Crippen LogP contribution in [0.15, 0.2) is 261 Å². The number of rotatable bonds is 5. The highest BCUT2D eigenvalue weighted by atomic mass is 15.2. The van der Waals surface area contributed by atoms with Crippen molar-refractivity contribution >= 4 is 100 Å². The van der Waals surface area contributed by atoms with Crippen molar-refractivity contribution in [3.05, 3.63) is 272 Å². The predicted molar refractivity (Wildman–Crippen MR) is 324 cm³/mol. The monoisotopic (exact) mass is 964 g/mol. The van der Waals surface area contributed by atoms with Gasteiger partial charge in [0.25, 0.3) is 6.71 Å². The molecule has 13 aromatic carbocycles. The molecule has 0 saturated carbocycles. The van der Waals surface area contributed by atoms with Crippen LogP contribution in [0.1, 0.15) is 25.0 Å². The van der Waals surface area contributed by atoms with E-state index in [9.17, 15) is 0 Å². The summed E-state index contributed by atoms with van der Waals surface area (Å²) in [5.74, 6) is 0. The van der Waals surface area contributed by atoms with Crippen LogP contribution in [0.2, 0.25) is 0 Å². The van der Waals surface area contributed by atoms with E-state index in [-0.39, 0.29) is 12.1 Å². The molecular formula is C73H49BN2. The fourth-order valence-corrected chi connectivity index (χ4v) is 13.5. The molecule has 2 aliphatic heterocycles. The van der Waals surface area contributed by atoms with E-state index >= 15 is 0 Å². The number of fused-ring (bicyclic) bond motifs is 13. The summed E-state index contributed by atoms with van der Waals surface area (Å²) >= 11 is 0. The molecule has 0 N–H and O–H groups in total. The van der Waals surface area contributed by atoms with Gasteiger partial charge in [-0.05, 0) is 171 Å². The molecule has 0 radical (unpaired) electrons. The Bertz CT molecular complexity index is 4310. The highest BCUT2D eigenvalue weighted by Crippen LogP contribution is 2.53. The van der Waals surface area contributed by atoms with E-state index in [1.165, 1.54) is 138 Å². The van der Waals surface area contributed by atoms with E-state index in [1.54, 1.807) is 0 Å². The highest BCUT2D eigenvalue weighted by molar-refractivity contribution is 7.00. The molecule has 0 bridgehead atoms. The molecule has 16 rings (SSSR count). The largest absolute Gasteiger partial charge is 0.311 e. The first-order valence-corrected chi connectivity index (χ1v) is 26.7. The van der Waals surface area contributed by atoms with Crippen LogP contribution in [-0.4, -0.2) is 6.71 Å². The Morgan fingerprint density at radius 3 is 1.24 bits per heavy atom. The third-order valence-corrected chi connectivity index (χ3v) is 17.1. The van der Waals surface area contributed by atoms with Crippen LogP contribution in [0, 0.1) is 0 Å². The zero-order valence-corrected chi connectivity index (χ0v) is 42.3. The quantitative estimate of drug-likeness (QED) is 0.125. The molecule has 13 aromatic rings. The Kier molecular flexibility index (Phi) is 9.21. The molecule has 0 aromatic heterocycles. The number of anilines is 6. The molecule has 2 nitrogen and oxygen atoms in total. The van der Waals surface area contributed by atoms with Crippen molar-refractivity contribution in [3.63, 3.8) is 0 Å². The first-order valence-electron chi connectivity index (χ1n) is 26.7. The summed E-state index contributed by atoms with van der Waals surface area (Å²) in [5, 5.41) is 9.89. The van der Waals surface area contributed by atoms with Gasteiger partial charge in [-0.3, -0.25) is 0 Å². The van der Waals surface area contributed by atoms with E-state index in [0.717, 1.165) is 11.4 Å². The molecule has 1 aliphatic carbocycles. The number of benzene rings is 13. The first kappa shape index (κ1) is 43.0. The Hall–Kier alpha value is -9.44.